The molecule has 0 saturated carbocycles. The third-order valence-corrected chi connectivity index (χ3v) is 5.36. The molecule has 1 fully saturated rings. The van der Waals surface area contributed by atoms with Crippen molar-refractivity contribution in [1.82, 2.24) is 9.80 Å². The molecular formula is C23H29FN2O4. The molecule has 2 aromatic rings. The summed E-state index contributed by atoms with van der Waals surface area (Å²) < 4.78 is 33.5. The first-order chi connectivity index (χ1) is 14.8. The number of fused-ring (bicyclic) bond motifs is 1. The molecule has 0 N–H and O–H groups in total. The van der Waals surface area contributed by atoms with E-state index < -0.39 is 6.67 Å². The summed E-state index contributed by atoms with van der Waals surface area (Å²) in [6.45, 7) is 6.91. The standard InChI is InChI=1S/C23H29FN2O4/c24-7-12-27-13-14-28-21-4-1-19(2-5-21)16-25-8-10-26(11-9-25)17-20-3-6-22-23(15-20)30-18-29-22/h1-6,15H,7-14,16-18H2. The van der Waals surface area contributed by atoms with Crippen molar-refractivity contribution < 1.29 is 23.3 Å². The maximum absolute atomic E-state index is 12.0. The molecule has 2 aliphatic rings. The van der Waals surface area contributed by atoms with Gasteiger partial charge < -0.3 is 18.9 Å². The van der Waals surface area contributed by atoms with Crippen molar-refractivity contribution in [1.29, 1.82) is 0 Å². The highest BCUT2D eigenvalue weighted by Gasteiger charge is 2.19. The number of benzene rings is 2. The van der Waals surface area contributed by atoms with E-state index in [1.54, 1.807) is 0 Å². The lowest BCUT2D eigenvalue weighted by Gasteiger charge is -2.34. The Balaban J connectivity index is 1.17. The number of ether oxygens (including phenoxy) is 4. The highest BCUT2D eigenvalue weighted by molar-refractivity contribution is 5.44. The molecule has 0 aliphatic carbocycles. The van der Waals surface area contributed by atoms with Crippen LogP contribution < -0.4 is 14.2 Å². The van der Waals surface area contributed by atoms with Gasteiger partial charge in [-0.1, -0.05) is 18.2 Å². The Morgan fingerprint density at radius 1 is 0.767 bits per heavy atom. The van der Waals surface area contributed by atoms with Crippen molar-refractivity contribution >= 4 is 0 Å². The van der Waals surface area contributed by atoms with Crippen LogP contribution in [0.15, 0.2) is 42.5 Å². The van der Waals surface area contributed by atoms with Crippen molar-refractivity contribution in [2.45, 2.75) is 13.1 Å². The maximum Gasteiger partial charge on any atom is 0.231 e. The molecule has 0 bridgehead atoms. The fourth-order valence-electron chi connectivity index (χ4n) is 3.73. The molecule has 0 unspecified atom stereocenters. The van der Waals surface area contributed by atoms with Gasteiger partial charge in [0.2, 0.25) is 6.79 Å². The second-order valence-corrected chi connectivity index (χ2v) is 7.53. The Morgan fingerprint density at radius 3 is 2.17 bits per heavy atom. The van der Waals surface area contributed by atoms with Crippen LogP contribution in [-0.4, -0.2) is 69.3 Å². The zero-order chi connectivity index (χ0) is 20.6. The Bertz CT molecular complexity index is 794. The first-order valence-electron chi connectivity index (χ1n) is 10.5. The van der Waals surface area contributed by atoms with E-state index in [-0.39, 0.29) is 6.61 Å². The quantitative estimate of drug-likeness (QED) is 0.555. The number of alkyl halides is 1. The van der Waals surface area contributed by atoms with Crippen molar-refractivity contribution in [2.24, 2.45) is 0 Å². The van der Waals surface area contributed by atoms with Crippen LogP contribution in [0.25, 0.3) is 0 Å². The van der Waals surface area contributed by atoms with Crippen molar-refractivity contribution in [2.75, 3.05) is 59.5 Å². The Kier molecular flexibility index (Phi) is 7.39. The first kappa shape index (κ1) is 20.9. The maximum atomic E-state index is 12.0. The molecule has 30 heavy (non-hydrogen) atoms. The minimum atomic E-state index is -0.457. The summed E-state index contributed by atoms with van der Waals surface area (Å²) in [4.78, 5) is 4.97. The van der Waals surface area contributed by atoms with E-state index in [1.807, 2.05) is 18.2 Å². The fourth-order valence-corrected chi connectivity index (χ4v) is 3.73. The van der Waals surface area contributed by atoms with Gasteiger partial charge in [-0.3, -0.25) is 9.80 Å². The fraction of sp³-hybridized carbons (Fsp3) is 0.478. The number of halogens is 1. The zero-order valence-electron chi connectivity index (χ0n) is 17.2. The topological polar surface area (TPSA) is 43.4 Å². The predicted octanol–water partition coefficient (Wildman–Crippen LogP) is 3.10. The smallest absolute Gasteiger partial charge is 0.231 e. The molecule has 1 saturated heterocycles. The molecule has 2 aliphatic heterocycles. The second kappa shape index (κ2) is 10.6. The van der Waals surface area contributed by atoms with Gasteiger partial charge in [-0.05, 0) is 35.4 Å². The largest absolute Gasteiger partial charge is 0.491 e. The number of hydrogen-bond donors (Lipinski definition) is 0. The highest BCUT2D eigenvalue weighted by Crippen LogP contribution is 2.32. The Morgan fingerprint density at radius 2 is 1.43 bits per heavy atom. The summed E-state index contributed by atoms with van der Waals surface area (Å²) in [6, 6.07) is 14.4. The summed E-state index contributed by atoms with van der Waals surface area (Å²) in [5, 5.41) is 0. The molecule has 0 radical (unpaired) electrons. The van der Waals surface area contributed by atoms with Gasteiger partial charge in [0.25, 0.3) is 0 Å². The van der Waals surface area contributed by atoms with E-state index in [4.69, 9.17) is 18.9 Å². The van der Waals surface area contributed by atoms with Gasteiger partial charge in [-0.2, -0.15) is 0 Å². The minimum Gasteiger partial charge on any atom is -0.491 e. The minimum absolute atomic E-state index is 0.131. The average molecular weight is 416 g/mol. The molecule has 162 valence electrons. The number of hydrogen-bond acceptors (Lipinski definition) is 6. The monoisotopic (exact) mass is 416 g/mol. The normalized spacial score (nSPS) is 16.7. The lowest BCUT2D eigenvalue weighted by atomic mass is 10.1. The van der Waals surface area contributed by atoms with Crippen molar-refractivity contribution in [3.63, 3.8) is 0 Å². The molecule has 7 heteroatoms. The van der Waals surface area contributed by atoms with Crippen LogP contribution in [0, 0.1) is 0 Å². The van der Waals surface area contributed by atoms with Crippen molar-refractivity contribution in [3.05, 3.63) is 53.6 Å². The Hall–Kier alpha value is -2.35. The Labute approximate surface area is 177 Å². The van der Waals surface area contributed by atoms with Crippen LogP contribution in [0.3, 0.4) is 0 Å². The number of piperazine rings is 1. The van der Waals surface area contributed by atoms with Crippen molar-refractivity contribution in [3.8, 4) is 17.2 Å². The van der Waals surface area contributed by atoms with Crippen LogP contribution in [0.5, 0.6) is 17.2 Å². The van der Waals surface area contributed by atoms with Gasteiger partial charge >= 0.3 is 0 Å². The number of rotatable bonds is 10. The van der Waals surface area contributed by atoms with Crippen LogP contribution >= 0.6 is 0 Å². The molecule has 0 aromatic heterocycles. The molecule has 4 rings (SSSR count). The molecule has 2 aromatic carbocycles. The lowest BCUT2D eigenvalue weighted by molar-refractivity contribution is 0.0897. The summed E-state index contributed by atoms with van der Waals surface area (Å²) >= 11 is 0. The lowest BCUT2D eigenvalue weighted by Crippen LogP contribution is -2.45. The van der Waals surface area contributed by atoms with Gasteiger partial charge in [0.15, 0.2) is 11.5 Å². The zero-order valence-corrected chi connectivity index (χ0v) is 17.2. The SMILES string of the molecule is FCCOCCOc1ccc(CN2CCN(Cc3ccc4c(c3)OCO4)CC2)cc1. The third-order valence-electron chi connectivity index (χ3n) is 5.36. The molecule has 2 heterocycles. The second-order valence-electron chi connectivity index (χ2n) is 7.53. The van der Waals surface area contributed by atoms with Crippen LogP contribution in [0.4, 0.5) is 4.39 Å². The van der Waals surface area contributed by atoms with E-state index >= 15 is 0 Å². The molecule has 0 atom stereocenters. The summed E-state index contributed by atoms with van der Waals surface area (Å²) in [5.41, 5.74) is 2.54. The van der Waals surface area contributed by atoms with Gasteiger partial charge in [0.05, 0.1) is 13.2 Å². The van der Waals surface area contributed by atoms with E-state index in [9.17, 15) is 4.39 Å². The van der Waals surface area contributed by atoms with Gasteiger partial charge in [0, 0.05) is 39.3 Å². The van der Waals surface area contributed by atoms with Gasteiger partial charge in [0.1, 0.15) is 19.0 Å². The van der Waals surface area contributed by atoms with Gasteiger partial charge in [-0.15, -0.1) is 0 Å². The molecular weight excluding hydrogens is 387 g/mol. The molecule has 0 spiro atoms. The summed E-state index contributed by atoms with van der Waals surface area (Å²) in [6.07, 6.45) is 0. The predicted molar refractivity (Wildman–Crippen MR) is 112 cm³/mol. The average Bonchev–Trinajstić information content (AvgIpc) is 3.24. The van der Waals surface area contributed by atoms with E-state index in [2.05, 4.69) is 34.1 Å². The van der Waals surface area contributed by atoms with E-state index in [1.165, 1.54) is 11.1 Å². The van der Waals surface area contributed by atoms with Crippen LogP contribution in [-0.2, 0) is 17.8 Å². The molecule has 6 nitrogen and oxygen atoms in total. The van der Waals surface area contributed by atoms with E-state index in [0.29, 0.717) is 20.0 Å². The van der Waals surface area contributed by atoms with Crippen LogP contribution in [0.1, 0.15) is 11.1 Å². The van der Waals surface area contributed by atoms with E-state index in [0.717, 1.165) is 56.5 Å². The highest BCUT2D eigenvalue weighted by atomic mass is 19.1. The summed E-state index contributed by atoms with van der Waals surface area (Å²) in [5.74, 6) is 2.51. The third kappa shape index (κ3) is 5.84. The van der Waals surface area contributed by atoms with Gasteiger partial charge in [-0.25, -0.2) is 4.39 Å². The van der Waals surface area contributed by atoms with Crippen LogP contribution in [0.2, 0.25) is 0 Å². The summed E-state index contributed by atoms with van der Waals surface area (Å²) in [7, 11) is 0. The molecule has 0 amide bonds. The number of nitrogens with zero attached hydrogens (tertiary/aromatic N) is 2. The first-order valence-corrected chi connectivity index (χ1v) is 10.5.